The Balaban J connectivity index is 1.31. The molecule has 0 unspecified atom stereocenters. The van der Waals surface area contributed by atoms with Crippen LogP contribution in [0.15, 0.2) is 41.7 Å². The van der Waals surface area contributed by atoms with Gasteiger partial charge in [0.05, 0.1) is 25.1 Å². The minimum Gasteiger partial charge on any atom is -0.378 e. The maximum Gasteiger partial charge on any atom is 0.246 e. The number of aliphatic imine (C=N–C) groups is 1. The third-order valence-electron chi connectivity index (χ3n) is 5.50. The quantitative estimate of drug-likeness (QED) is 0.589. The van der Waals surface area contributed by atoms with E-state index in [2.05, 4.69) is 44.6 Å². The first-order valence-corrected chi connectivity index (χ1v) is 10.3. The predicted octanol–water partition coefficient (Wildman–Crippen LogP) is 0.681. The lowest BCUT2D eigenvalue weighted by Crippen LogP contribution is -2.55. The van der Waals surface area contributed by atoms with Crippen LogP contribution in [0.25, 0.3) is 0 Å². The summed E-state index contributed by atoms with van der Waals surface area (Å²) in [6.07, 6.45) is 3.59. The van der Waals surface area contributed by atoms with Gasteiger partial charge in [-0.3, -0.25) is 14.5 Å². The van der Waals surface area contributed by atoms with Crippen molar-refractivity contribution in [2.75, 3.05) is 62.8 Å². The lowest BCUT2D eigenvalue weighted by Gasteiger charge is -2.35. The van der Waals surface area contributed by atoms with Crippen molar-refractivity contribution in [2.45, 2.75) is 6.54 Å². The summed E-state index contributed by atoms with van der Waals surface area (Å²) in [4.78, 5) is 23.1. The fourth-order valence-electron chi connectivity index (χ4n) is 3.83. The summed E-state index contributed by atoms with van der Waals surface area (Å²) in [5.41, 5.74) is 3.24. The van der Waals surface area contributed by atoms with Gasteiger partial charge in [0.15, 0.2) is 5.96 Å². The summed E-state index contributed by atoms with van der Waals surface area (Å²) in [5.74, 6) is 0.790. The topological polar surface area (TPSA) is 78.2 Å². The number of nitrogens with one attached hydrogen (secondary N) is 1. The van der Waals surface area contributed by atoms with Crippen molar-refractivity contribution in [3.63, 3.8) is 0 Å². The van der Waals surface area contributed by atoms with Crippen molar-refractivity contribution in [1.82, 2.24) is 20.0 Å². The highest BCUT2D eigenvalue weighted by Crippen LogP contribution is 2.18. The van der Waals surface area contributed by atoms with Gasteiger partial charge in [0, 0.05) is 58.7 Å². The van der Waals surface area contributed by atoms with Crippen LogP contribution in [0.4, 0.5) is 11.4 Å². The van der Waals surface area contributed by atoms with Gasteiger partial charge in [-0.25, -0.2) is 0 Å². The van der Waals surface area contributed by atoms with Crippen molar-refractivity contribution >= 4 is 23.2 Å². The van der Waals surface area contributed by atoms with Gasteiger partial charge in [-0.15, -0.1) is 0 Å². The monoisotopic (exact) mass is 411 g/mol. The molecule has 1 amide bonds. The number of guanidine groups is 1. The first-order valence-electron chi connectivity index (χ1n) is 10.3. The summed E-state index contributed by atoms with van der Waals surface area (Å²) >= 11 is 0. The normalized spacial score (nSPS) is 18.1. The summed E-state index contributed by atoms with van der Waals surface area (Å²) < 4.78 is 7.13. The minimum absolute atomic E-state index is 0.0482. The van der Waals surface area contributed by atoms with Crippen molar-refractivity contribution in [2.24, 2.45) is 12.0 Å². The number of ether oxygens (including phenoxy) is 1. The highest BCUT2D eigenvalue weighted by Gasteiger charge is 2.27. The van der Waals surface area contributed by atoms with Crippen molar-refractivity contribution in [3.8, 4) is 0 Å². The van der Waals surface area contributed by atoms with Crippen molar-refractivity contribution < 1.29 is 9.53 Å². The molecule has 9 nitrogen and oxygen atoms in total. The number of rotatable bonds is 4. The second-order valence-corrected chi connectivity index (χ2v) is 7.51. The lowest BCUT2D eigenvalue weighted by atomic mass is 10.2. The molecular formula is C21H29N7O2. The lowest BCUT2D eigenvalue weighted by molar-refractivity contribution is -0.120. The third-order valence-corrected chi connectivity index (χ3v) is 5.50. The largest absolute Gasteiger partial charge is 0.378 e. The van der Waals surface area contributed by atoms with Gasteiger partial charge >= 0.3 is 0 Å². The molecule has 0 aliphatic carbocycles. The molecule has 0 bridgehead atoms. The first kappa shape index (κ1) is 20.2. The molecule has 1 N–H and O–H groups in total. The number of aromatic nitrogens is 2. The molecule has 4 rings (SSSR count). The number of nitrogens with zero attached hydrogens (tertiary/aromatic N) is 6. The fraction of sp³-hybridized carbons (Fsp3) is 0.476. The molecule has 30 heavy (non-hydrogen) atoms. The van der Waals surface area contributed by atoms with E-state index in [9.17, 15) is 4.79 Å². The summed E-state index contributed by atoms with van der Waals surface area (Å²) in [5, 5.41) is 7.55. The molecule has 2 aromatic rings. The van der Waals surface area contributed by atoms with Gasteiger partial charge in [0.1, 0.15) is 6.54 Å². The van der Waals surface area contributed by atoms with Gasteiger partial charge in [0.25, 0.3) is 0 Å². The molecule has 9 heteroatoms. The van der Waals surface area contributed by atoms with E-state index >= 15 is 0 Å². The van der Waals surface area contributed by atoms with E-state index < -0.39 is 0 Å². The zero-order valence-corrected chi connectivity index (χ0v) is 17.6. The van der Waals surface area contributed by atoms with E-state index in [0.717, 1.165) is 44.5 Å². The predicted molar refractivity (Wildman–Crippen MR) is 117 cm³/mol. The van der Waals surface area contributed by atoms with Gasteiger partial charge in [-0.1, -0.05) is 12.1 Å². The van der Waals surface area contributed by atoms with Gasteiger partial charge < -0.3 is 24.8 Å². The van der Waals surface area contributed by atoms with E-state index in [4.69, 9.17) is 4.74 Å². The molecule has 0 saturated carbocycles. The number of morpholine rings is 1. The van der Waals surface area contributed by atoms with Gasteiger partial charge in [0.2, 0.25) is 5.91 Å². The Labute approximate surface area is 176 Å². The average molecular weight is 412 g/mol. The number of amides is 1. The van der Waals surface area contributed by atoms with Crippen LogP contribution in [0, 0.1) is 0 Å². The van der Waals surface area contributed by atoms with Crippen LogP contribution in [-0.4, -0.2) is 79.5 Å². The average Bonchev–Trinajstić information content (AvgIpc) is 3.21. The zero-order valence-electron chi connectivity index (χ0n) is 17.6. The Kier molecular flexibility index (Phi) is 6.18. The number of anilines is 2. The number of carbonyl (C=O) groups excluding carboxylic acids is 1. The van der Waals surface area contributed by atoms with Gasteiger partial charge in [-0.2, -0.15) is 5.10 Å². The standard InChI is InChI=1S/C21H29N7O2/c1-22-21(27-7-8-28(20(29)16-27)19-14-24-25(2)15-19)23-13-17-3-5-18(6-4-17)26-9-11-30-12-10-26/h3-6,14-15H,7-13,16H2,1-2H3,(H,22,23). The molecule has 0 spiro atoms. The van der Waals surface area contributed by atoms with Crippen LogP contribution in [0.2, 0.25) is 0 Å². The first-order chi connectivity index (χ1) is 14.6. The Bertz CT molecular complexity index is 887. The molecule has 2 fully saturated rings. The van der Waals surface area contributed by atoms with Crippen LogP contribution >= 0.6 is 0 Å². The maximum atomic E-state index is 12.6. The van der Waals surface area contributed by atoms with Gasteiger partial charge in [-0.05, 0) is 17.7 Å². The highest BCUT2D eigenvalue weighted by molar-refractivity contribution is 5.98. The number of hydrogen-bond acceptors (Lipinski definition) is 5. The summed E-state index contributed by atoms with van der Waals surface area (Å²) in [6, 6.07) is 8.58. The van der Waals surface area contributed by atoms with Crippen molar-refractivity contribution in [1.29, 1.82) is 0 Å². The Morgan fingerprint density at radius 3 is 2.53 bits per heavy atom. The molecule has 1 aromatic carbocycles. The van der Waals surface area contributed by atoms with Crippen LogP contribution in [-0.2, 0) is 23.1 Å². The number of aryl methyl sites for hydroxylation is 1. The molecule has 1 aromatic heterocycles. The number of piperazine rings is 1. The second-order valence-electron chi connectivity index (χ2n) is 7.51. The third kappa shape index (κ3) is 4.56. The van der Waals surface area contributed by atoms with Crippen LogP contribution in [0.1, 0.15) is 5.56 Å². The summed E-state index contributed by atoms with van der Waals surface area (Å²) in [6.45, 7) is 5.72. The fourth-order valence-corrected chi connectivity index (χ4v) is 3.83. The summed E-state index contributed by atoms with van der Waals surface area (Å²) in [7, 11) is 3.60. The van der Waals surface area contributed by atoms with E-state index in [-0.39, 0.29) is 5.91 Å². The molecule has 0 atom stereocenters. The molecule has 2 aliphatic rings. The molecular weight excluding hydrogens is 382 g/mol. The van der Waals surface area contributed by atoms with E-state index in [1.807, 2.05) is 18.1 Å². The maximum absolute atomic E-state index is 12.6. The molecule has 2 saturated heterocycles. The molecule has 160 valence electrons. The molecule has 2 aliphatic heterocycles. The van der Waals surface area contributed by atoms with E-state index in [1.54, 1.807) is 22.8 Å². The highest BCUT2D eigenvalue weighted by atomic mass is 16.5. The van der Waals surface area contributed by atoms with E-state index in [1.165, 1.54) is 11.3 Å². The number of hydrogen-bond donors (Lipinski definition) is 1. The van der Waals surface area contributed by atoms with Crippen molar-refractivity contribution in [3.05, 3.63) is 42.2 Å². The van der Waals surface area contributed by atoms with Crippen LogP contribution in [0.3, 0.4) is 0 Å². The molecule has 0 radical (unpaired) electrons. The number of benzene rings is 1. The Morgan fingerprint density at radius 2 is 1.90 bits per heavy atom. The Morgan fingerprint density at radius 1 is 1.13 bits per heavy atom. The van der Waals surface area contributed by atoms with Crippen LogP contribution in [0.5, 0.6) is 0 Å². The second kappa shape index (κ2) is 9.17. The smallest absolute Gasteiger partial charge is 0.246 e. The Hall–Kier alpha value is -3.07. The van der Waals surface area contributed by atoms with Crippen LogP contribution < -0.4 is 15.1 Å². The SMILES string of the molecule is CN=C(NCc1ccc(N2CCOCC2)cc1)N1CCN(c2cnn(C)c2)C(=O)C1. The molecule has 3 heterocycles. The minimum atomic E-state index is 0.0482. The zero-order chi connectivity index (χ0) is 20.9. The number of carbonyl (C=O) groups is 1. The van der Waals surface area contributed by atoms with E-state index in [0.29, 0.717) is 19.6 Å².